The maximum atomic E-state index is 6.28. The molecule has 1 aliphatic carbocycles. The molecule has 0 aromatic carbocycles. The zero-order valence-corrected chi connectivity index (χ0v) is 8.84. The van der Waals surface area contributed by atoms with Crippen LogP contribution < -0.4 is 5.73 Å². The summed E-state index contributed by atoms with van der Waals surface area (Å²) in [6.07, 6.45) is 12.0. The van der Waals surface area contributed by atoms with E-state index in [1.165, 1.54) is 32.1 Å². The van der Waals surface area contributed by atoms with Gasteiger partial charge in [0, 0.05) is 0 Å². The van der Waals surface area contributed by atoms with E-state index in [0.717, 1.165) is 0 Å². The molecule has 74 valence electrons. The van der Waals surface area contributed by atoms with Gasteiger partial charge in [0.05, 0.1) is 5.54 Å². The maximum Gasteiger partial charge on any atom is 0.0824 e. The molecule has 1 aliphatic rings. The molecule has 1 unspecified atom stereocenters. The van der Waals surface area contributed by atoms with Crippen LogP contribution in [0.1, 0.15) is 46.0 Å². The fraction of sp³-hybridized carbons (Fsp3) is 0.833. The minimum Gasteiger partial charge on any atom is -0.315 e. The Hall–Kier alpha value is -0.480. The lowest BCUT2D eigenvalue weighted by atomic mass is 9.70. The van der Waals surface area contributed by atoms with Crippen LogP contribution in [-0.4, -0.2) is 5.54 Å². The molecule has 13 heavy (non-hydrogen) atoms. The largest absolute Gasteiger partial charge is 0.315 e. The molecule has 1 atom stereocenters. The van der Waals surface area contributed by atoms with Crippen molar-refractivity contribution >= 4 is 0 Å². The predicted molar refractivity (Wildman–Crippen MR) is 57.2 cm³/mol. The first-order valence-corrected chi connectivity index (χ1v) is 5.38. The fourth-order valence-corrected chi connectivity index (χ4v) is 2.34. The van der Waals surface area contributed by atoms with Crippen LogP contribution in [0.5, 0.6) is 0 Å². The lowest BCUT2D eigenvalue weighted by molar-refractivity contribution is 0.206. The minimum atomic E-state index is -0.361. The van der Waals surface area contributed by atoms with Crippen LogP contribution in [0.2, 0.25) is 0 Å². The van der Waals surface area contributed by atoms with E-state index in [9.17, 15) is 0 Å². The van der Waals surface area contributed by atoms with E-state index in [-0.39, 0.29) is 5.54 Å². The average Bonchev–Trinajstić information content (AvgIpc) is 2.17. The first-order valence-electron chi connectivity index (χ1n) is 5.38. The molecule has 1 rings (SSSR count). The molecule has 0 spiro atoms. The maximum absolute atomic E-state index is 6.28. The van der Waals surface area contributed by atoms with E-state index in [0.29, 0.717) is 11.8 Å². The SMILES string of the molecule is C#CC(N)(C(C)C)C1CCCCC1. The molecule has 0 heterocycles. The quantitative estimate of drug-likeness (QED) is 0.648. The van der Waals surface area contributed by atoms with Crippen molar-refractivity contribution in [1.82, 2.24) is 0 Å². The summed E-state index contributed by atoms with van der Waals surface area (Å²) in [5.74, 6) is 3.76. The van der Waals surface area contributed by atoms with E-state index in [4.69, 9.17) is 12.2 Å². The zero-order chi connectivity index (χ0) is 9.90. The van der Waals surface area contributed by atoms with Crippen LogP contribution in [0.3, 0.4) is 0 Å². The summed E-state index contributed by atoms with van der Waals surface area (Å²) in [6, 6.07) is 0. The molecule has 0 aromatic rings. The minimum absolute atomic E-state index is 0.361. The van der Waals surface area contributed by atoms with Crippen molar-refractivity contribution in [3.05, 3.63) is 0 Å². The zero-order valence-electron chi connectivity index (χ0n) is 8.84. The van der Waals surface area contributed by atoms with Crippen molar-refractivity contribution in [1.29, 1.82) is 0 Å². The number of hydrogen-bond acceptors (Lipinski definition) is 1. The average molecular weight is 179 g/mol. The Balaban J connectivity index is 2.70. The summed E-state index contributed by atoms with van der Waals surface area (Å²) in [5.41, 5.74) is 5.92. The van der Waals surface area contributed by atoms with E-state index < -0.39 is 0 Å². The lowest BCUT2D eigenvalue weighted by Crippen LogP contribution is -2.51. The standard InChI is InChI=1S/C12H21N/c1-4-12(13,10(2)3)11-8-6-5-7-9-11/h1,10-11H,5-9,13H2,2-3H3. The molecule has 1 fully saturated rings. The second-order valence-electron chi connectivity index (χ2n) is 4.57. The number of nitrogens with two attached hydrogens (primary N) is 1. The first kappa shape index (κ1) is 10.6. The second-order valence-corrected chi connectivity index (χ2v) is 4.57. The van der Waals surface area contributed by atoms with Gasteiger partial charge in [0.1, 0.15) is 0 Å². The van der Waals surface area contributed by atoms with Crippen molar-refractivity contribution in [3.63, 3.8) is 0 Å². The van der Waals surface area contributed by atoms with Gasteiger partial charge < -0.3 is 5.73 Å². The summed E-state index contributed by atoms with van der Waals surface area (Å²) < 4.78 is 0. The third-order valence-electron chi connectivity index (χ3n) is 3.49. The van der Waals surface area contributed by atoms with E-state index in [2.05, 4.69) is 19.8 Å². The second kappa shape index (κ2) is 4.15. The molecule has 0 amide bonds. The van der Waals surface area contributed by atoms with E-state index >= 15 is 0 Å². The highest BCUT2D eigenvalue weighted by Crippen LogP contribution is 2.34. The Morgan fingerprint density at radius 1 is 1.31 bits per heavy atom. The van der Waals surface area contributed by atoms with Crippen LogP contribution in [0.15, 0.2) is 0 Å². The van der Waals surface area contributed by atoms with Crippen molar-refractivity contribution in [2.45, 2.75) is 51.5 Å². The molecule has 1 nitrogen and oxygen atoms in total. The summed E-state index contributed by atoms with van der Waals surface area (Å²) in [5, 5.41) is 0. The fourth-order valence-electron chi connectivity index (χ4n) is 2.34. The predicted octanol–water partition coefficient (Wildman–Crippen LogP) is 2.55. The smallest absolute Gasteiger partial charge is 0.0824 e. The summed E-state index contributed by atoms with van der Waals surface area (Å²) in [4.78, 5) is 0. The van der Waals surface area contributed by atoms with Gasteiger partial charge in [0.2, 0.25) is 0 Å². The molecule has 2 N–H and O–H groups in total. The highest BCUT2D eigenvalue weighted by atomic mass is 14.8. The molecular formula is C12H21N. The van der Waals surface area contributed by atoms with Gasteiger partial charge in [-0.25, -0.2) is 0 Å². The lowest BCUT2D eigenvalue weighted by Gasteiger charge is -2.38. The number of hydrogen-bond donors (Lipinski definition) is 1. The van der Waals surface area contributed by atoms with Crippen LogP contribution in [-0.2, 0) is 0 Å². The van der Waals surface area contributed by atoms with Crippen LogP contribution in [0.25, 0.3) is 0 Å². The number of terminal acetylenes is 1. The number of rotatable bonds is 2. The van der Waals surface area contributed by atoms with Gasteiger partial charge in [-0.2, -0.15) is 0 Å². The van der Waals surface area contributed by atoms with Gasteiger partial charge in [0.15, 0.2) is 0 Å². The molecule has 0 aliphatic heterocycles. The molecule has 1 saturated carbocycles. The van der Waals surface area contributed by atoms with Gasteiger partial charge in [-0.05, 0) is 24.7 Å². The van der Waals surface area contributed by atoms with Crippen LogP contribution in [0, 0.1) is 24.2 Å². The Kier molecular flexibility index (Phi) is 3.39. The Morgan fingerprint density at radius 2 is 1.85 bits per heavy atom. The van der Waals surface area contributed by atoms with Gasteiger partial charge in [-0.15, -0.1) is 6.42 Å². The van der Waals surface area contributed by atoms with Gasteiger partial charge in [0.25, 0.3) is 0 Å². The molecular weight excluding hydrogens is 158 g/mol. The van der Waals surface area contributed by atoms with Crippen LogP contribution in [0.4, 0.5) is 0 Å². The van der Waals surface area contributed by atoms with Crippen molar-refractivity contribution in [3.8, 4) is 12.3 Å². The highest BCUT2D eigenvalue weighted by molar-refractivity contribution is 5.16. The van der Waals surface area contributed by atoms with Crippen molar-refractivity contribution < 1.29 is 0 Å². The highest BCUT2D eigenvalue weighted by Gasteiger charge is 2.36. The van der Waals surface area contributed by atoms with Crippen molar-refractivity contribution in [2.75, 3.05) is 0 Å². The summed E-state index contributed by atoms with van der Waals surface area (Å²) in [6.45, 7) is 4.27. The monoisotopic (exact) mass is 179 g/mol. The topological polar surface area (TPSA) is 26.0 Å². The van der Waals surface area contributed by atoms with E-state index in [1.54, 1.807) is 0 Å². The molecule has 0 bridgehead atoms. The molecule has 0 aromatic heterocycles. The Bertz CT molecular complexity index is 196. The normalized spacial score (nSPS) is 23.9. The van der Waals surface area contributed by atoms with Gasteiger partial charge >= 0.3 is 0 Å². The Labute approximate surface area is 82.1 Å². The van der Waals surface area contributed by atoms with Crippen LogP contribution >= 0.6 is 0 Å². The Morgan fingerprint density at radius 3 is 2.23 bits per heavy atom. The molecule has 0 radical (unpaired) electrons. The third-order valence-corrected chi connectivity index (χ3v) is 3.49. The third kappa shape index (κ3) is 2.06. The summed E-state index contributed by atoms with van der Waals surface area (Å²) in [7, 11) is 0. The first-order chi connectivity index (χ1) is 6.11. The molecule has 0 saturated heterocycles. The summed E-state index contributed by atoms with van der Waals surface area (Å²) >= 11 is 0. The van der Waals surface area contributed by atoms with E-state index in [1.807, 2.05) is 0 Å². The van der Waals surface area contributed by atoms with Gasteiger partial charge in [-0.1, -0.05) is 39.0 Å². The molecule has 1 heteroatoms. The van der Waals surface area contributed by atoms with Gasteiger partial charge in [-0.3, -0.25) is 0 Å². The van der Waals surface area contributed by atoms with Crippen molar-refractivity contribution in [2.24, 2.45) is 17.6 Å².